The maximum absolute atomic E-state index is 12.3. The van der Waals surface area contributed by atoms with E-state index >= 15 is 0 Å². The molecule has 148 valence electrons. The van der Waals surface area contributed by atoms with Crippen LogP contribution in [0.5, 0.6) is 5.75 Å². The summed E-state index contributed by atoms with van der Waals surface area (Å²) in [5.74, 6) is -1.33. The fourth-order valence-corrected chi connectivity index (χ4v) is 2.92. The van der Waals surface area contributed by atoms with Gasteiger partial charge in [-0.2, -0.15) is 0 Å². The Morgan fingerprint density at radius 1 is 1.14 bits per heavy atom. The van der Waals surface area contributed by atoms with Crippen molar-refractivity contribution in [1.82, 2.24) is 0 Å². The summed E-state index contributed by atoms with van der Waals surface area (Å²) in [5.41, 5.74) is 2.28. The number of anilines is 2. The van der Waals surface area contributed by atoms with Crippen molar-refractivity contribution in [3.63, 3.8) is 0 Å². The number of hydrogen-bond donors (Lipinski definition) is 2. The second-order valence-electron chi connectivity index (χ2n) is 6.65. The molecule has 2 aromatic rings. The lowest BCUT2D eigenvalue weighted by Gasteiger charge is -2.28. The topological polar surface area (TPSA) is 88.1 Å². The highest BCUT2D eigenvalue weighted by molar-refractivity contribution is 5.98. The fourth-order valence-electron chi connectivity index (χ4n) is 2.92. The van der Waals surface area contributed by atoms with Crippen LogP contribution in [0.2, 0.25) is 0 Å². The standard InChI is InChI=1S/C21H24N2O5/c1-14-4-3-5-18(19(14)24)21(26)28-15(2)20(25)22-16-6-8-17(9-7-16)23-10-12-27-13-11-23/h3-9,15,24H,10-13H2,1-2H3,(H,22,25)/t15-/m1/s1. The van der Waals surface area contributed by atoms with E-state index in [2.05, 4.69) is 10.2 Å². The van der Waals surface area contributed by atoms with Crippen molar-refractivity contribution < 1.29 is 24.2 Å². The minimum atomic E-state index is -1.01. The lowest BCUT2D eigenvalue weighted by atomic mass is 10.1. The van der Waals surface area contributed by atoms with E-state index in [-0.39, 0.29) is 11.3 Å². The third-order valence-electron chi connectivity index (χ3n) is 4.62. The van der Waals surface area contributed by atoms with Crippen LogP contribution < -0.4 is 10.2 Å². The van der Waals surface area contributed by atoms with Crippen LogP contribution in [0.3, 0.4) is 0 Å². The molecule has 7 heteroatoms. The normalized spacial score (nSPS) is 15.0. The number of para-hydroxylation sites is 1. The Morgan fingerprint density at radius 3 is 2.50 bits per heavy atom. The van der Waals surface area contributed by atoms with Crippen LogP contribution in [-0.2, 0) is 14.3 Å². The van der Waals surface area contributed by atoms with Crippen LogP contribution in [0.15, 0.2) is 42.5 Å². The van der Waals surface area contributed by atoms with Crippen LogP contribution >= 0.6 is 0 Å². The van der Waals surface area contributed by atoms with E-state index in [1.165, 1.54) is 13.0 Å². The molecule has 1 heterocycles. The molecule has 28 heavy (non-hydrogen) atoms. The van der Waals surface area contributed by atoms with Gasteiger partial charge in [-0.05, 0) is 49.7 Å². The molecule has 2 N–H and O–H groups in total. The minimum absolute atomic E-state index is 0.0366. The third kappa shape index (κ3) is 4.61. The predicted molar refractivity (Wildman–Crippen MR) is 106 cm³/mol. The van der Waals surface area contributed by atoms with Gasteiger partial charge in [-0.25, -0.2) is 4.79 Å². The summed E-state index contributed by atoms with van der Waals surface area (Å²) < 4.78 is 10.5. The number of carbonyl (C=O) groups is 2. The second-order valence-corrected chi connectivity index (χ2v) is 6.65. The van der Waals surface area contributed by atoms with Gasteiger partial charge in [0.25, 0.3) is 5.91 Å². The maximum atomic E-state index is 12.3. The smallest absolute Gasteiger partial charge is 0.342 e. The average Bonchev–Trinajstić information content (AvgIpc) is 2.71. The molecule has 0 saturated carbocycles. The molecule has 1 aliphatic heterocycles. The quantitative estimate of drug-likeness (QED) is 0.771. The van der Waals surface area contributed by atoms with Crippen molar-refractivity contribution in [2.75, 3.05) is 36.5 Å². The number of esters is 1. The van der Waals surface area contributed by atoms with Crippen LogP contribution in [0, 0.1) is 6.92 Å². The molecule has 0 radical (unpaired) electrons. The first kappa shape index (κ1) is 19.7. The first-order valence-corrected chi connectivity index (χ1v) is 9.19. The van der Waals surface area contributed by atoms with Crippen molar-refractivity contribution in [3.8, 4) is 5.75 Å². The van der Waals surface area contributed by atoms with E-state index < -0.39 is 18.0 Å². The highest BCUT2D eigenvalue weighted by atomic mass is 16.5. The number of ether oxygens (including phenoxy) is 2. The number of aromatic hydroxyl groups is 1. The van der Waals surface area contributed by atoms with Gasteiger partial charge in [0.1, 0.15) is 11.3 Å². The summed E-state index contributed by atoms with van der Waals surface area (Å²) in [6.45, 7) is 6.26. The molecule has 1 amide bonds. The summed E-state index contributed by atoms with van der Waals surface area (Å²) in [6.07, 6.45) is -1.01. The Morgan fingerprint density at radius 2 is 1.82 bits per heavy atom. The Bertz CT molecular complexity index is 844. The van der Waals surface area contributed by atoms with Gasteiger partial charge in [-0.15, -0.1) is 0 Å². The van der Waals surface area contributed by atoms with Gasteiger partial charge < -0.3 is 24.8 Å². The average molecular weight is 384 g/mol. The number of nitrogens with zero attached hydrogens (tertiary/aromatic N) is 1. The van der Waals surface area contributed by atoms with Gasteiger partial charge in [-0.3, -0.25) is 4.79 Å². The van der Waals surface area contributed by atoms with Gasteiger partial charge in [0.15, 0.2) is 6.10 Å². The predicted octanol–water partition coefficient (Wildman–Crippen LogP) is 2.72. The van der Waals surface area contributed by atoms with Crippen LogP contribution in [-0.4, -0.2) is 49.4 Å². The van der Waals surface area contributed by atoms with Gasteiger partial charge in [-0.1, -0.05) is 12.1 Å². The van der Waals surface area contributed by atoms with Gasteiger partial charge in [0.05, 0.1) is 13.2 Å². The Kier molecular flexibility index (Phi) is 6.16. The van der Waals surface area contributed by atoms with Crippen molar-refractivity contribution >= 4 is 23.3 Å². The summed E-state index contributed by atoms with van der Waals surface area (Å²) in [4.78, 5) is 26.8. The van der Waals surface area contributed by atoms with Gasteiger partial charge in [0, 0.05) is 24.5 Å². The molecule has 3 rings (SSSR count). The first-order chi connectivity index (χ1) is 13.5. The van der Waals surface area contributed by atoms with Gasteiger partial charge in [0.2, 0.25) is 0 Å². The molecule has 0 unspecified atom stereocenters. The largest absolute Gasteiger partial charge is 0.507 e. The molecular formula is C21H24N2O5. The van der Waals surface area contributed by atoms with Crippen LogP contribution in [0.4, 0.5) is 11.4 Å². The van der Waals surface area contributed by atoms with Crippen molar-refractivity contribution in [1.29, 1.82) is 0 Å². The Labute approximate surface area is 163 Å². The summed E-state index contributed by atoms with van der Waals surface area (Å²) in [6, 6.07) is 12.3. The molecule has 1 aliphatic rings. The molecular weight excluding hydrogens is 360 g/mol. The fraction of sp³-hybridized carbons (Fsp3) is 0.333. The van der Waals surface area contributed by atoms with Crippen molar-refractivity contribution in [2.24, 2.45) is 0 Å². The van der Waals surface area contributed by atoms with Crippen molar-refractivity contribution in [2.45, 2.75) is 20.0 Å². The summed E-state index contributed by atoms with van der Waals surface area (Å²) in [5, 5.41) is 12.7. The SMILES string of the molecule is Cc1cccc(C(=O)O[C@H](C)C(=O)Nc2ccc(N3CCOCC3)cc2)c1O. The van der Waals surface area contributed by atoms with E-state index in [1.807, 2.05) is 24.3 Å². The molecule has 1 fully saturated rings. The second kappa shape index (κ2) is 8.75. The number of rotatable bonds is 5. The molecule has 2 aromatic carbocycles. The van der Waals surface area contributed by atoms with E-state index in [9.17, 15) is 14.7 Å². The molecule has 0 aromatic heterocycles. The third-order valence-corrected chi connectivity index (χ3v) is 4.62. The number of carbonyl (C=O) groups excluding carboxylic acids is 2. The number of amides is 1. The number of morpholine rings is 1. The van der Waals surface area contributed by atoms with E-state index in [4.69, 9.17) is 9.47 Å². The van der Waals surface area contributed by atoms with Crippen molar-refractivity contribution in [3.05, 3.63) is 53.6 Å². The molecule has 1 atom stereocenters. The number of hydrogen-bond acceptors (Lipinski definition) is 6. The number of aryl methyl sites for hydroxylation is 1. The minimum Gasteiger partial charge on any atom is -0.507 e. The van der Waals surface area contributed by atoms with Gasteiger partial charge >= 0.3 is 5.97 Å². The molecule has 1 saturated heterocycles. The Hall–Kier alpha value is -3.06. The zero-order chi connectivity index (χ0) is 20.1. The Balaban J connectivity index is 1.57. The highest BCUT2D eigenvalue weighted by Gasteiger charge is 2.21. The highest BCUT2D eigenvalue weighted by Crippen LogP contribution is 2.23. The number of phenolic OH excluding ortho intramolecular Hbond substituents is 1. The summed E-state index contributed by atoms with van der Waals surface area (Å²) in [7, 11) is 0. The number of phenols is 1. The van der Waals surface area contributed by atoms with E-state index in [0.717, 1.165) is 18.8 Å². The van der Waals surface area contributed by atoms with Crippen LogP contribution in [0.1, 0.15) is 22.8 Å². The van der Waals surface area contributed by atoms with E-state index in [0.29, 0.717) is 24.5 Å². The lowest BCUT2D eigenvalue weighted by Crippen LogP contribution is -2.36. The summed E-state index contributed by atoms with van der Waals surface area (Å²) >= 11 is 0. The lowest BCUT2D eigenvalue weighted by molar-refractivity contribution is -0.123. The van der Waals surface area contributed by atoms with Crippen LogP contribution in [0.25, 0.3) is 0 Å². The van der Waals surface area contributed by atoms with E-state index in [1.54, 1.807) is 19.1 Å². The number of benzene rings is 2. The molecule has 0 spiro atoms. The molecule has 0 bridgehead atoms. The number of nitrogens with one attached hydrogen (secondary N) is 1. The monoisotopic (exact) mass is 384 g/mol. The molecule has 0 aliphatic carbocycles. The zero-order valence-corrected chi connectivity index (χ0v) is 16.0. The molecule has 7 nitrogen and oxygen atoms in total. The maximum Gasteiger partial charge on any atom is 0.342 e. The first-order valence-electron chi connectivity index (χ1n) is 9.19. The zero-order valence-electron chi connectivity index (χ0n) is 16.0.